The number of hydrogen-bond donors (Lipinski definition) is 4. The van der Waals surface area contributed by atoms with Crippen molar-refractivity contribution >= 4 is 39.2 Å². The van der Waals surface area contributed by atoms with E-state index < -0.39 is 45.9 Å². The van der Waals surface area contributed by atoms with E-state index in [9.17, 15) is 33.0 Å². The Kier molecular flexibility index (Phi) is 9.40. The van der Waals surface area contributed by atoms with Crippen LogP contribution in [0.25, 0.3) is 11.1 Å². The molecule has 0 radical (unpaired) electrons. The van der Waals surface area contributed by atoms with Crippen LogP contribution in [0.4, 0.5) is 11.4 Å². The minimum Gasteiger partial charge on any atom is -0.477 e. The summed E-state index contributed by atoms with van der Waals surface area (Å²) in [5.74, 6) is -2.91. The molecule has 0 aromatic heterocycles. The number of carbonyl (C=O) groups is 3. The van der Waals surface area contributed by atoms with Crippen LogP contribution in [-0.2, 0) is 37.2 Å². The van der Waals surface area contributed by atoms with Crippen LogP contribution < -0.4 is 15.4 Å². The molecule has 0 spiro atoms. The smallest absolute Gasteiger partial charge is 0.352 e. The number of para-hydroxylation sites is 1. The quantitative estimate of drug-likeness (QED) is 0.161. The molecule has 0 unspecified atom stereocenters. The number of amides is 2. The molecule has 4 atom stereocenters. The maximum absolute atomic E-state index is 14.4. The first-order chi connectivity index (χ1) is 26.3. The molecule has 290 valence electrons. The summed E-state index contributed by atoms with van der Waals surface area (Å²) in [6.07, 6.45) is 0.634. The highest BCUT2D eigenvalue weighted by molar-refractivity contribution is 7.93. The number of β-lactam (4-membered cyclic amide) rings is 1. The number of nitrogens with zero attached hydrogens (tertiary/aromatic N) is 4. The number of carboxylic acids is 1. The molecule has 13 nitrogen and oxygen atoms in total. The summed E-state index contributed by atoms with van der Waals surface area (Å²) in [5.41, 5.74) is 10.6. The Hall–Kier alpha value is -4.60. The van der Waals surface area contributed by atoms with Gasteiger partial charge in [0.25, 0.3) is 15.9 Å². The van der Waals surface area contributed by atoms with Gasteiger partial charge in [-0.3, -0.25) is 13.9 Å². The van der Waals surface area contributed by atoms with Gasteiger partial charge in [0.1, 0.15) is 45.0 Å². The lowest BCUT2D eigenvalue weighted by atomic mass is 9.77. The molecule has 3 aromatic rings. The standard InChI is InChI=1S/C41H48N6O7S/c1-26-33(39(41(51)52)45-38(26)37(27(2)48)40(45)50)24-44-34-6-4-3-5-31(34)32-23-29(9-12-35(32)55(44,53)54)14-16-46-17-20-47(21-18-46,22-19-46)25-36(49)43-30-10-7-28(8-11-30)13-15-42/h3-12,23,26-27,37-38,48H,13-22,24-25,42H2,1-2H3/p+2/t26-,27+,37+,38+,46?,47?/m0/s1. The molecule has 4 fully saturated rings. The Morgan fingerprint density at radius 2 is 1.58 bits per heavy atom. The van der Waals surface area contributed by atoms with Crippen LogP contribution in [0.1, 0.15) is 25.0 Å². The number of piperazine rings is 3. The van der Waals surface area contributed by atoms with Gasteiger partial charge in [-0.25, -0.2) is 13.2 Å². The van der Waals surface area contributed by atoms with Crippen LogP contribution in [0.5, 0.6) is 0 Å². The van der Waals surface area contributed by atoms with E-state index in [1.54, 1.807) is 25.1 Å². The number of benzene rings is 3. The molecule has 2 bridgehead atoms. The topological polar surface area (TPSA) is 170 Å². The van der Waals surface area contributed by atoms with Crippen LogP contribution in [0, 0.1) is 11.8 Å². The van der Waals surface area contributed by atoms with E-state index in [0.29, 0.717) is 29.9 Å². The van der Waals surface area contributed by atoms with Crippen molar-refractivity contribution in [3.63, 3.8) is 0 Å². The van der Waals surface area contributed by atoms with Gasteiger partial charge in [-0.1, -0.05) is 43.3 Å². The number of aliphatic hydroxyl groups excluding tert-OH is 1. The van der Waals surface area contributed by atoms with Crippen molar-refractivity contribution in [2.75, 3.05) is 75.1 Å². The fourth-order valence-electron chi connectivity index (χ4n) is 9.82. The van der Waals surface area contributed by atoms with E-state index in [1.165, 1.54) is 16.1 Å². The monoisotopic (exact) mass is 770 g/mol. The van der Waals surface area contributed by atoms with E-state index in [-0.39, 0.29) is 23.0 Å². The maximum Gasteiger partial charge on any atom is 0.352 e. The van der Waals surface area contributed by atoms with Gasteiger partial charge in [0.15, 0.2) is 6.54 Å². The summed E-state index contributed by atoms with van der Waals surface area (Å²) < 4.78 is 31.9. The SMILES string of the molecule is C[C@@H](O)[C@H]1C(=O)N2C(C(=O)O)=C(CN3c4ccccc4-c4cc(CC[N+]56CC[N+](CC(=O)Nc7ccc(CCN)cc7)(CC5)CC6)ccc4S3(=O)=O)[C@H](C)[C@H]12. The predicted octanol–water partition coefficient (Wildman–Crippen LogP) is 2.40. The molecular formula is C41H50N6O7S+2. The number of quaternary nitrogens is 2. The Morgan fingerprint density at radius 3 is 2.24 bits per heavy atom. The first-order valence-electron chi connectivity index (χ1n) is 19.3. The molecule has 9 rings (SSSR count). The average molecular weight is 771 g/mol. The number of aliphatic hydroxyl groups is 1. The molecule has 6 heterocycles. The summed E-state index contributed by atoms with van der Waals surface area (Å²) in [7, 11) is -4.11. The number of rotatable bonds is 12. The van der Waals surface area contributed by atoms with Crippen molar-refractivity contribution in [2.24, 2.45) is 17.6 Å². The Bertz CT molecular complexity index is 2180. The largest absolute Gasteiger partial charge is 0.477 e. The zero-order valence-corrected chi connectivity index (χ0v) is 32.2. The van der Waals surface area contributed by atoms with Crippen molar-refractivity contribution < 1.29 is 42.0 Å². The molecule has 5 N–H and O–H groups in total. The zero-order chi connectivity index (χ0) is 38.9. The highest BCUT2D eigenvalue weighted by Crippen LogP contribution is 2.50. The third-order valence-electron chi connectivity index (χ3n) is 13.1. The normalized spacial score (nSPS) is 27.9. The predicted molar refractivity (Wildman–Crippen MR) is 207 cm³/mol. The van der Waals surface area contributed by atoms with Gasteiger partial charge in [0, 0.05) is 29.2 Å². The van der Waals surface area contributed by atoms with Gasteiger partial charge < -0.3 is 35.1 Å². The van der Waals surface area contributed by atoms with Crippen molar-refractivity contribution in [1.82, 2.24) is 4.90 Å². The molecule has 6 aliphatic rings. The Morgan fingerprint density at radius 1 is 0.927 bits per heavy atom. The lowest BCUT2D eigenvalue weighted by Gasteiger charge is -2.55. The number of anilines is 2. The summed E-state index contributed by atoms with van der Waals surface area (Å²) in [4.78, 5) is 40.0. The lowest BCUT2D eigenvalue weighted by Crippen LogP contribution is -2.76. The first kappa shape index (κ1) is 37.3. The number of hydrogen-bond acceptors (Lipinski definition) is 7. The van der Waals surface area contributed by atoms with Crippen LogP contribution in [0.15, 0.2) is 82.9 Å². The number of nitrogens with one attached hydrogen (secondary N) is 1. The Labute approximate surface area is 321 Å². The molecule has 0 aliphatic carbocycles. The molecule has 14 heteroatoms. The highest BCUT2D eigenvalue weighted by atomic mass is 32.2. The number of carboxylic acid groups (broad SMARTS) is 1. The van der Waals surface area contributed by atoms with Gasteiger partial charge in [-0.15, -0.1) is 0 Å². The number of fused-ring (bicyclic) bond motifs is 7. The van der Waals surface area contributed by atoms with Crippen molar-refractivity contribution in [3.05, 3.63) is 89.1 Å². The second kappa shape index (κ2) is 13.9. The van der Waals surface area contributed by atoms with Gasteiger partial charge in [-0.2, -0.15) is 0 Å². The third kappa shape index (κ3) is 6.33. The molecule has 4 saturated heterocycles. The molecular weight excluding hydrogens is 721 g/mol. The minimum absolute atomic E-state index is 0.0399. The number of sulfonamides is 1. The minimum atomic E-state index is -4.11. The van der Waals surface area contributed by atoms with Crippen LogP contribution >= 0.6 is 0 Å². The Balaban J connectivity index is 0.960. The lowest BCUT2D eigenvalue weighted by molar-refractivity contribution is -1.08. The summed E-state index contributed by atoms with van der Waals surface area (Å²) in [6.45, 7) is 10.9. The fourth-order valence-corrected chi connectivity index (χ4v) is 11.5. The summed E-state index contributed by atoms with van der Waals surface area (Å²) in [6, 6.07) is 20.2. The molecule has 0 saturated carbocycles. The second-order valence-corrected chi connectivity index (χ2v) is 18.1. The third-order valence-corrected chi connectivity index (χ3v) is 14.9. The molecule has 6 aliphatic heterocycles. The number of aliphatic carboxylic acids is 1. The van der Waals surface area contributed by atoms with E-state index in [2.05, 4.69) is 5.32 Å². The van der Waals surface area contributed by atoms with Crippen molar-refractivity contribution in [3.8, 4) is 11.1 Å². The fraction of sp³-hybridized carbons (Fsp3) is 0.439. The van der Waals surface area contributed by atoms with Crippen LogP contribution in [0.3, 0.4) is 0 Å². The molecule has 3 aromatic carbocycles. The van der Waals surface area contributed by atoms with Crippen molar-refractivity contribution in [2.45, 2.75) is 43.7 Å². The van der Waals surface area contributed by atoms with Gasteiger partial charge in [0.05, 0.1) is 41.7 Å². The van der Waals surface area contributed by atoms with Gasteiger partial charge >= 0.3 is 5.97 Å². The van der Waals surface area contributed by atoms with Crippen molar-refractivity contribution in [1.29, 1.82) is 0 Å². The summed E-state index contributed by atoms with van der Waals surface area (Å²) >= 11 is 0. The highest BCUT2D eigenvalue weighted by Gasteiger charge is 2.60. The van der Waals surface area contributed by atoms with E-state index in [4.69, 9.17) is 5.73 Å². The molecule has 55 heavy (non-hydrogen) atoms. The van der Waals surface area contributed by atoms with Gasteiger partial charge in [0.2, 0.25) is 5.91 Å². The number of nitrogens with two attached hydrogens (primary N) is 1. The zero-order valence-electron chi connectivity index (χ0n) is 31.4. The van der Waals surface area contributed by atoms with Gasteiger partial charge in [-0.05, 0) is 66.9 Å². The number of carbonyl (C=O) groups excluding carboxylic acids is 2. The first-order valence-corrected chi connectivity index (χ1v) is 20.7. The van der Waals surface area contributed by atoms with Crippen LogP contribution in [0.2, 0.25) is 0 Å². The maximum atomic E-state index is 14.4. The van der Waals surface area contributed by atoms with E-state index in [0.717, 1.165) is 90.0 Å². The summed E-state index contributed by atoms with van der Waals surface area (Å²) in [5, 5.41) is 23.6. The van der Waals surface area contributed by atoms with E-state index >= 15 is 0 Å². The van der Waals surface area contributed by atoms with E-state index in [1.807, 2.05) is 48.5 Å². The second-order valence-electron chi connectivity index (χ2n) is 16.2. The average Bonchev–Trinajstić information content (AvgIpc) is 3.41. The van der Waals surface area contributed by atoms with Crippen LogP contribution in [-0.4, -0.2) is 128 Å². The molecule has 2 amide bonds.